The van der Waals surface area contributed by atoms with Gasteiger partial charge in [0.2, 0.25) is 0 Å². The molecule has 0 aliphatic carbocycles. The molecule has 0 nitrogen and oxygen atoms in total. The Hall–Kier alpha value is -0.980. The summed E-state index contributed by atoms with van der Waals surface area (Å²) < 4.78 is 0. The van der Waals surface area contributed by atoms with Gasteiger partial charge in [-0.2, -0.15) is 0 Å². The SMILES string of the molecule is Cc1ccc(C)c(Cc2ccc(Cl)cc2Cl)c1. The van der Waals surface area contributed by atoms with Crippen LogP contribution in [0.25, 0.3) is 0 Å². The summed E-state index contributed by atoms with van der Waals surface area (Å²) >= 11 is 12.1. The predicted molar refractivity (Wildman–Crippen MR) is 75.2 cm³/mol. The second-order valence-corrected chi connectivity index (χ2v) is 5.19. The highest BCUT2D eigenvalue weighted by Crippen LogP contribution is 2.24. The standard InChI is InChI=1S/C15H14Cl2/c1-10-3-4-11(2)13(7-10)8-12-5-6-14(16)9-15(12)17/h3-7,9H,8H2,1-2H3. The minimum atomic E-state index is 0.680. The first-order valence-corrected chi connectivity index (χ1v) is 6.32. The average Bonchev–Trinajstić information content (AvgIpc) is 2.27. The summed E-state index contributed by atoms with van der Waals surface area (Å²) in [6, 6.07) is 12.2. The van der Waals surface area contributed by atoms with Gasteiger partial charge in [-0.15, -0.1) is 0 Å². The Morgan fingerprint density at radius 3 is 2.35 bits per heavy atom. The molecular weight excluding hydrogens is 251 g/mol. The van der Waals surface area contributed by atoms with Gasteiger partial charge >= 0.3 is 0 Å². The van der Waals surface area contributed by atoms with Crippen LogP contribution in [0.15, 0.2) is 36.4 Å². The molecular formula is C15H14Cl2. The van der Waals surface area contributed by atoms with Gasteiger partial charge in [0, 0.05) is 10.0 Å². The van der Waals surface area contributed by atoms with Crippen LogP contribution in [0.5, 0.6) is 0 Å². The van der Waals surface area contributed by atoms with E-state index in [1.54, 1.807) is 6.07 Å². The van der Waals surface area contributed by atoms with Crippen molar-refractivity contribution in [1.82, 2.24) is 0 Å². The molecule has 0 fully saturated rings. The fraction of sp³-hybridized carbons (Fsp3) is 0.200. The molecule has 0 bridgehead atoms. The zero-order valence-electron chi connectivity index (χ0n) is 9.93. The maximum absolute atomic E-state index is 6.19. The van der Waals surface area contributed by atoms with E-state index in [1.165, 1.54) is 16.7 Å². The van der Waals surface area contributed by atoms with Crippen molar-refractivity contribution in [3.63, 3.8) is 0 Å². The van der Waals surface area contributed by atoms with E-state index in [9.17, 15) is 0 Å². The quantitative estimate of drug-likeness (QED) is 0.700. The molecule has 17 heavy (non-hydrogen) atoms. The first-order chi connectivity index (χ1) is 8.06. The highest BCUT2D eigenvalue weighted by Gasteiger charge is 2.05. The van der Waals surface area contributed by atoms with Crippen molar-refractivity contribution in [3.8, 4) is 0 Å². The molecule has 0 spiro atoms. The predicted octanol–water partition coefficient (Wildman–Crippen LogP) is 5.20. The molecule has 0 amide bonds. The van der Waals surface area contributed by atoms with Gasteiger partial charge in [0.1, 0.15) is 0 Å². The lowest BCUT2D eigenvalue weighted by Gasteiger charge is -2.09. The maximum atomic E-state index is 6.19. The van der Waals surface area contributed by atoms with Gasteiger partial charge < -0.3 is 0 Å². The first-order valence-electron chi connectivity index (χ1n) is 5.56. The normalized spacial score (nSPS) is 10.6. The summed E-state index contributed by atoms with van der Waals surface area (Å²) in [5, 5.41) is 1.41. The molecule has 88 valence electrons. The van der Waals surface area contributed by atoms with E-state index in [2.05, 4.69) is 32.0 Å². The summed E-state index contributed by atoms with van der Waals surface area (Å²) in [5.74, 6) is 0. The van der Waals surface area contributed by atoms with E-state index in [1.807, 2.05) is 12.1 Å². The third kappa shape index (κ3) is 3.02. The minimum Gasteiger partial charge on any atom is -0.0843 e. The van der Waals surface area contributed by atoms with Gasteiger partial charge in [0.25, 0.3) is 0 Å². The highest BCUT2D eigenvalue weighted by atomic mass is 35.5. The molecule has 2 heteroatoms. The second kappa shape index (κ2) is 5.12. The number of halogens is 2. The van der Waals surface area contributed by atoms with Gasteiger partial charge in [0.15, 0.2) is 0 Å². The Kier molecular flexibility index (Phi) is 3.76. The van der Waals surface area contributed by atoms with Crippen molar-refractivity contribution in [1.29, 1.82) is 0 Å². The summed E-state index contributed by atoms with van der Waals surface area (Å²) in [6.45, 7) is 4.23. The van der Waals surface area contributed by atoms with E-state index >= 15 is 0 Å². The van der Waals surface area contributed by atoms with Crippen LogP contribution in [0.1, 0.15) is 22.3 Å². The monoisotopic (exact) mass is 264 g/mol. The van der Waals surface area contributed by atoms with Crippen LogP contribution in [0.3, 0.4) is 0 Å². The Morgan fingerprint density at radius 2 is 1.65 bits per heavy atom. The van der Waals surface area contributed by atoms with Crippen LogP contribution in [0, 0.1) is 13.8 Å². The Bertz CT molecular complexity index is 545. The van der Waals surface area contributed by atoms with Crippen LogP contribution >= 0.6 is 23.2 Å². The first kappa shape index (κ1) is 12.5. The lowest BCUT2D eigenvalue weighted by Crippen LogP contribution is -1.93. The van der Waals surface area contributed by atoms with Crippen molar-refractivity contribution < 1.29 is 0 Å². The average molecular weight is 265 g/mol. The Morgan fingerprint density at radius 1 is 0.882 bits per heavy atom. The summed E-state index contributed by atoms with van der Waals surface area (Å²) in [5.41, 5.74) is 5.00. The molecule has 0 radical (unpaired) electrons. The molecule has 2 rings (SSSR count). The smallest absolute Gasteiger partial charge is 0.0456 e. The van der Waals surface area contributed by atoms with Crippen molar-refractivity contribution in [2.75, 3.05) is 0 Å². The number of aryl methyl sites for hydroxylation is 2. The van der Waals surface area contributed by atoms with Gasteiger partial charge in [-0.1, -0.05) is 53.0 Å². The molecule has 0 saturated heterocycles. The third-order valence-corrected chi connectivity index (χ3v) is 3.49. The molecule has 0 atom stereocenters. The van der Waals surface area contributed by atoms with Crippen molar-refractivity contribution in [3.05, 3.63) is 68.7 Å². The van der Waals surface area contributed by atoms with Crippen molar-refractivity contribution in [2.45, 2.75) is 20.3 Å². The van der Waals surface area contributed by atoms with Crippen molar-refractivity contribution >= 4 is 23.2 Å². The lowest BCUT2D eigenvalue weighted by molar-refractivity contribution is 1.14. The van der Waals surface area contributed by atoms with Crippen LogP contribution in [0.4, 0.5) is 0 Å². The molecule has 0 aliphatic heterocycles. The van der Waals surface area contributed by atoms with Crippen LogP contribution in [0.2, 0.25) is 10.0 Å². The van der Waals surface area contributed by atoms with E-state index in [0.29, 0.717) is 5.02 Å². The van der Waals surface area contributed by atoms with E-state index in [0.717, 1.165) is 17.0 Å². The summed E-state index contributed by atoms with van der Waals surface area (Å²) in [7, 11) is 0. The molecule has 0 N–H and O–H groups in total. The zero-order valence-corrected chi connectivity index (χ0v) is 11.4. The number of hydrogen-bond donors (Lipinski definition) is 0. The largest absolute Gasteiger partial charge is 0.0843 e. The molecule has 2 aromatic rings. The van der Waals surface area contributed by atoms with Crippen LogP contribution < -0.4 is 0 Å². The molecule has 0 heterocycles. The third-order valence-electron chi connectivity index (χ3n) is 2.90. The van der Waals surface area contributed by atoms with Gasteiger partial charge in [-0.3, -0.25) is 0 Å². The summed E-state index contributed by atoms with van der Waals surface area (Å²) in [4.78, 5) is 0. The van der Waals surface area contributed by atoms with Crippen LogP contribution in [-0.2, 0) is 6.42 Å². The fourth-order valence-corrected chi connectivity index (χ4v) is 2.34. The summed E-state index contributed by atoms with van der Waals surface area (Å²) in [6.07, 6.45) is 0.851. The van der Waals surface area contributed by atoms with Gasteiger partial charge in [-0.05, 0) is 49.1 Å². The fourth-order valence-electron chi connectivity index (χ4n) is 1.86. The number of rotatable bonds is 2. The zero-order chi connectivity index (χ0) is 12.4. The van der Waals surface area contributed by atoms with Gasteiger partial charge in [0.05, 0.1) is 0 Å². The van der Waals surface area contributed by atoms with Crippen LogP contribution in [-0.4, -0.2) is 0 Å². The molecule has 2 aromatic carbocycles. The van der Waals surface area contributed by atoms with E-state index in [-0.39, 0.29) is 0 Å². The maximum Gasteiger partial charge on any atom is 0.0456 e. The number of hydrogen-bond acceptors (Lipinski definition) is 0. The molecule has 0 aliphatic rings. The Balaban J connectivity index is 2.34. The molecule has 0 aromatic heterocycles. The molecule has 0 unspecified atom stereocenters. The lowest BCUT2D eigenvalue weighted by atomic mass is 9.99. The van der Waals surface area contributed by atoms with E-state index < -0.39 is 0 Å². The number of benzene rings is 2. The highest BCUT2D eigenvalue weighted by molar-refractivity contribution is 6.35. The van der Waals surface area contributed by atoms with Gasteiger partial charge in [-0.25, -0.2) is 0 Å². The van der Waals surface area contributed by atoms with Crippen molar-refractivity contribution in [2.24, 2.45) is 0 Å². The minimum absolute atomic E-state index is 0.680. The van der Waals surface area contributed by atoms with E-state index in [4.69, 9.17) is 23.2 Å². The second-order valence-electron chi connectivity index (χ2n) is 4.34. The Labute approximate surface area is 112 Å². The topological polar surface area (TPSA) is 0 Å². The molecule has 0 saturated carbocycles.